The summed E-state index contributed by atoms with van der Waals surface area (Å²) in [4.78, 5) is 14.1. The fourth-order valence-electron chi connectivity index (χ4n) is 2.14. The highest BCUT2D eigenvalue weighted by Gasteiger charge is 2.27. The van der Waals surface area contributed by atoms with Crippen molar-refractivity contribution < 1.29 is 9.53 Å². The number of likely N-dealkylation sites (N-methyl/N-ethyl adjacent to an activating group) is 1. The van der Waals surface area contributed by atoms with Crippen LogP contribution in [0.5, 0.6) is 5.75 Å². The summed E-state index contributed by atoms with van der Waals surface area (Å²) in [5.74, 6) is 0.935. The number of benzene rings is 1. The van der Waals surface area contributed by atoms with Crippen LogP contribution in [0.25, 0.3) is 0 Å². The van der Waals surface area contributed by atoms with Crippen LogP contribution in [0.3, 0.4) is 0 Å². The SMILES string of the molecule is CCC(C)[C@H](N)C(=O)N(C)C(C)c1ccccc1OC. The number of para-hydroxylation sites is 1. The quantitative estimate of drug-likeness (QED) is 0.870. The van der Waals surface area contributed by atoms with Gasteiger partial charge in [0.05, 0.1) is 19.2 Å². The van der Waals surface area contributed by atoms with Gasteiger partial charge in [-0.1, -0.05) is 38.5 Å². The lowest BCUT2D eigenvalue weighted by atomic mass is 9.97. The molecular weight excluding hydrogens is 252 g/mol. The smallest absolute Gasteiger partial charge is 0.240 e. The van der Waals surface area contributed by atoms with Gasteiger partial charge >= 0.3 is 0 Å². The molecule has 0 aliphatic rings. The van der Waals surface area contributed by atoms with Gasteiger partial charge in [0.15, 0.2) is 0 Å². The van der Waals surface area contributed by atoms with E-state index in [1.165, 1.54) is 0 Å². The molecule has 2 N–H and O–H groups in total. The number of amides is 1. The summed E-state index contributed by atoms with van der Waals surface area (Å²) in [6.07, 6.45) is 0.893. The molecular formula is C16H26N2O2. The molecule has 1 amide bonds. The molecule has 1 aromatic rings. The Kier molecular flexibility index (Phi) is 6.02. The molecule has 4 heteroatoms. The second-order valence-corrected chi connectivity index (χ2v) is 5.28. The van der Waals surface area contributed by atoms with Crippen molar-refractivity contribution in [3.63, 3.8) is 0 Å². The highest BCUT2D eigenvalue weighted by Crippen LogP contribution is 2.28. The van der Waals surface area contributed by atoms with E-state index in [1.807, 2.05) is 45.0 Å². The average molecular weight is 278 g/mol. The van der Waals surface area contributed by atoms with Crippen LogP contribution < -0.4 is 10.5 Å². The van der Waals surface area contributed by atoms with E-state index in [1.54, 1.807) is 19.1 Å². The van der Waals surface area contributed by atoms with E-state index in [0.29, 0.717) is 0 Å². The second kappa shape index (κ2) is 7.29. The predicted molar refractivity (Wildman–Crippen MR) is 81.6 cm³/mol. The standard InChI is InChI=1S/C16H26N2O2/c1-6-11(2)15(17)16(19)18(4)12(3)13-9-7-8-10-14(13)20-5/h7-12,15H,6,17H2,1-5H3/t11?,12?,15-/m0/s1. The molecule has 20 heavy (non-hydrogen) atoms. The Morgan fingerprint density at radius 1 is 1.35 bits per heavy atom. The fraction of sp³-hybridized carbons (Fsp3) is 0.562. The highest BCUT2D eigenvalue weighted by atomic mass is 16.5. The van der Waals surface area contributed by atoms with Crippen molar-refractivity contribution in [1.82, 2.24) is 4.90 Å². The minimum absolute atomic E-state index is 0.0299. The first kappa shape index (κ1) is 16.5. The third-order valence-electron chi connectivity index (χ3n) is 4.06. The van der Waals surface area contributed by atoms with Crippen molar-refractivity contribution in [3.05, 3.63) is 29.8 Å². The van der Waals surface area contributed by atoms with E-state index in [0.717, 1.165) is 17.7 Å². The lowest BCUT2D eigenvalue weighted by molar-refractivity contribution is -0.134. The average Bonchev–Trinajstić information content (AvgIpc) is 2.50. The Morgan fingerprint density at radius 2 is 1.95 bits per heavy atom. The number of ether oxygens (including phenoxy) is 1. The van der Waals surface area contributed by atoms with Crippen LogP contribution in [0.4, 0.5) is 0 Å². The summed E-state index contributed by atoms with van der Waals surface area (Å²) in [6, 6.07) is 7.21. The minimum Gasteiger partial charge on any atom is -0.496 e. The molecule has 0 aliphatic heterocycles. The van der Waals surface area contributed by atoms with E-state index < -0.39 is 6.04 Å². The molecule has 0 saturated carbocycles. The molecule has 0 heterocycles. The molecule has 2 unspecified atom stereocenters. The number of methoxy groups -OCH3 is 1. The fourth-order valence-corrected chi connectivity index (χ4v) is 2.14. The Morgan fingerprint density at radius 3 is 2.50 bits per heavy atom. The number of nitrogens with two attached hydrogens (primary N) is 1. The lowest BCUT2D eigenvalue weighted by Gasteiger charge is -2.30. The normalized spacial score (nSPS) is 15.3. The maximum absolute atomic E-state index is 12.4. The molecule has 0 spiro atoms. The second-order valence-electron chi connectivity index (χ2n) is 5.28. The van der Waals surface area contributed by atoms with Crippen LogP contribution in [-0.4, -0.2) is 31.0 Å². The third kappa shape index (κ3) is 3.51. The molecule has 0 radical (unpaired) electrons. The molecule has 0 fully saturated rings. The summed E-state index contributed by atoms with van der Waals surface area (Å²) in [5.41, 5.74) is 7.02. The van der Waals surface area contributed by atoms with Crippen molar-refractivity contribution in [2.75, 3.05) is 14.2 Å². The molecule has 0 aromatic heterocycles. The third-order valence-corrected chi connectivity index (χ3v) is 4.06. The van der Waals surface area contributed by atoms with Gasteiger partial charge in [-0.2, -0.15) is 0 Å². The highest BCUT2D eigenvalue weighted by molar-refractivity contribution is 5.82. The number of rotatable bonds is 6. The molecule has 0 saturated heterocycles. The lowest BCUT2D eigenvalue weighted by Crippen LogP contribution is -2.46. The number of carbonyl (C=O) groups excluding carboxylic acids is 1. The van der Waals surface area contributed by atoms with Gasteiger partial charge in [0.2, 0.25) is 5.91 Å². The van der Waals surface area contributed by atoms with Crippen molar-refractivity contribution >= 4 is 5.91 Å². The maximum atomic E-state index is 12.4. The van der Waals surface area contributed by atoms with Gasteiger partial charge in [0.25, 0.3) is 0 Å². The van der Waals surface area contributed by atoms with Gasteiger partial charge in [-0.25, -0.2) is 0 Å². The van der Waals surface area contributed by atoms with Crippen molar-refractivity contribution in [2.45, 2.75) is 39.3 Å². The van der Waals surface area contributed by atoms with Gasteiger partial charge in [0.1, 0.15) is 5.75 Å². The maximum Gasteiger partial charge on any atom is 0.240 e. The van der Waals surface area contributed by atoms with Gasteiger partial charge in [-0.15, -0.1) is 0 Å². The number of hydrogen-bond donors (Lipinski definition) is 1. The number of carbonyl (C=O) groups is 1. The van der Waals surface area contributed by atoms with Crippen molar-refractivity contribution in [2.24, 2.45) is 11.7 Å². The summed E-state index contributed by atoms with van der Waals surface area (Å²) in [7, 11) is 3.43. The first-order valence-electron chi connectivity index (χ1n) is 7.09. The van der Waals surface area contributed by atoms with Crippen LogP contribution in [-0.2, 0) is 4.79 Å². The van der Waals surface area contributed by atoms with Crippen LogP contribution in [0, 0.1) is 5.92 Å². The van der Waals surface area contributed by atoms with Gasteiger partial charge in [-0.05, 0) is 18.9 Å². The molecule has 3 atom stereocenters. The van der Waals surface area contributed by atoms with Crippen LogP contribution in [0.2, 0.25) is 0 Å². The first-order valence-corrected chi connectivity index (χ1v) is 7.09. The van der Waals surface area contributed by atoms with E-state index in [2.05, 4.69) is 0 Å². The van der Waals surface area contributed by atoms with Gasteiger partial charge < -0.3 is 15.4 Å². The monoisotopic (exact) mass is 278 g/mol. The van der Waals surface area contributed by atoms with E-state index in [9.17, 15) is 4.79 Å². The van der Waals surface area contributed by atoms with Gasteiger partial charge in [-0.3, -0.25) is 4.79 Å². The number of nitrogens with zero attached hydrogens (tertiary/aromatic N) is 1. The molecule has 112 valence electrons. The molecule has 1 aromatic carbocycles. The Hall–Kier alpha value is -1.55. The van der Waals surface area contributed by atoms with Crippen LogP contribution in [0.1, 0.15) is 38.8 Å². The molecule has 0 aliphatic carbocycles. The van der Waals surface area contributed by atoms with Crippen molar-refractivity contribution in [3.8, 4) is 5.75 Å². The van der Waals surface area contributed by atoms with E-state index >= 15 is 0 Å². The van der Waals surface area contributed by atoms with E-state index in [-0.39, 0.29) is 17.9 Å². The largest absolute Gasteiger partial charge is 0.496 e. The Balaban J connectivity index is 2.91. The Labute approximate surface area is 121 Å². The Bertz CT molecular complexity index is 448. The zero-order valence-electron chi connectivity index (χ0n) is 13.1. The van der Waals surface area contributed by atoms with Crippen LogP contribution >= 0.6 is 0 Å². The topological polar surface area (TPSA) is 55.6 Å². The predicted octanol–water partition coefficient (Wildman–Crippen LogP) is 2.59. The van der Waals surface area contributed by atoms with Gasteiger partial charge in [0, 0.05) is 12.6 Å². The summed E-state index contributed by atoms with van der Waals surface area (Å²) in [6.45, 7) is 6.03. The van der Waals surface area contributed by atoms with E-state index in [4.69, 9.17) is 10.5 Å². The summed E-state index contributed by atoms with van der Waals surface area (Å²) < 4.78 is 5.36. The number of hydrogen-bond acceptors (Lipinski definition) is 3. The zero-order valence-corrected chi connectivity index (χ0v) is 13.1. The molecule has 1 rings (SSSR count). The summed E-state index contributed by atoms with van der Waals surface area (Å²) in [5, 5.41) is 0. The first-order chi connectivity index (χ1) is 9.43. The van der Waals surface area contributed by atoms with Crippen LogP contribution in [0.15, 0.2) is 24.3 Å². The summed E-state index contributed by atoms with van der Waals surface area (Å²) >= 11 is 0. The minimum atomic E-state index is -0.456. The van der Waals surface area contributed by atoms with Crippen molar-refractivity contribution in [1.29, 1.82) is 0 Å². The molecule has 4 nitrogen and oxygen atoms in total. The zero-order chi connectivity index (χ0) is 15.3. The molecule has 0 bridgehead atoms.